The van der Waals surface area contributed by atoms with Gasteiger partial charge in [-0.3, -0.25) is 19.1 Å². The number of carbonyl (C=O) groups excluding carboxylic acids is 1. The zero-order valence-electron chi connectivity index (χ0n) is 16.5. The molecular formula is C23H26N4O2. The molecule has 0 saturated carbocycles. The van der Waals surface area contributed by atoms with Crippen molar-refractivity contribution in [3.63, 3.8) is 0 Å². The summed E-state index contributed by atoms with van der Waals surface area (Å²) in [6.07, 6.45) is 5.36. The van der Waals surface area contributed by atoms with Crippen LogP contribution in [0.4, 0.5) is 0 Å². The lowest BCUT2D eigenvalue weighted by Gasteiger charge is -2.26. The van der Waals surface area contributed by atoms with Gasteiger partial charge < -0.3 is 5.32 Å². The van der Waals surface area contributed by atoms with Crippen molar-refractivity contribution in [3.8, 4) is 0 Å². The summed E-state index contributed by atoms with van der Waals surface area (Å²) < 4.78 is 1.35. The van der Waals surface area contributed by atoms with Crippen LogP contribution in [0.25, 0.3) is 10.9 Å². The first-order chi connectivity index (χ1) is 14.2. The molecule has 1 saturated heterocycles. The molecule has 2 aromatic carbocycles. The van der Waals surface area contributed by atoms with Crippen molar-refractivity contribution >= 4 is 16.8 Å². The number of amides is 1. The van der Waals surface area contributed by atoms with Crippen LogP contribution >= 0.6 is 0 Å². The van der Waals surface area contributed by atoms with E-state index in [4.69, 9.17) is 0 Å². The van der Waals surface area contributed by atoms with Gasteiger partial charge in [0.15, 0.2) is 0 Å². The van der Waals surface area contributed by atoms with Gasteiger partial charge in [0, 0.05) is 13.1 Å². The van der Waals surface area contributed by atoms with Gasteiger partial charge in [-0.2, -0.15) is 0 Å². The molecule has 6 nitrogen and oxygen atoms in total. The molecule has 1 amide bonds. The van der Waals surface area contributed by atoms with Crippen LogP contribution in [0.2, 0.25) is 0 Å². The van der Waals surface area contributed by atoms with E-state index in [-0.39, 0.29) is 18.0 Å². The zero-order chi connectivity index (χ0) is 20.1. The molecule has 4 rings (SSSR count). The summed E-state index contributed by atoms with van der Waals surface area (Å²) in [6.45, 7) is 3.76. The van der Waals surface area contributed by atoms with E-state index >= 15 is 0 Å². The van der Waals surface area contributed by atoms with E-state index in [2.05, 4.69) is 39.5 Å². The standard InChI is InChI=1S/C23H26N4O2/c28-22(16-27-17-25-21-7-3-2-6-20(21)23(27)29)24-14-18-8-10-19(11-9-18)15-26-12-4-1-5-13-26/h2-3,6-11,17H,1,4-5,12-16H2,(H,24,28). The van der Waals surface area contributed by atoms with E-state index in [9.17, 15) is 9.59 Å². The van der Waals surface area contributed by atoms with E-state index in [1.54, 1.807) is 18.2 Å². The fourth-order valence-electron chi connectivity index (χ4n) is 3.77. The molecule has 6 heteroatoms. The number of hydrogen-bond acceptors (Lipinski definition) is 4. The predicted octanol–water partition coefficient (Wildman–Crippen LogP) is 2.70. The van der Waals surface area contributed by atoms with Crippen LogP contribution in [0.5, 0.6) is 0 Å². The summed E-state index contributed by atoms with van der Waals surface area (Å²) in [5.41, 5.74) is 2.78. The third-order valence-electron chi connectivity index (χ3n) is 5.41. The van der Waals surface area contributed by atoms with Crippen molar-refractivity contribution in [2.45, 2.75) is 38.9 Å². The molecule has 1 fully saturated rings. The molecule has 0 radical (unpaired) electrons. The van der Waals surface area contributed by atoms with Gasteiger partial charge in [-0.25, -0.2) is 4.98 Å². The Hall–Kier alpha value is -2.99. The van der Waals surface area contributed by atoms with Crippen LogP contribution < -0.4 is 10.9 Å². The second-order valence-electron chi connectivity index (χ2n) is 7.62. The number of aromatic nitrogens is 2. The Morgan fingerprint density at radius 3 is 2.48 bits per heavy atom. The minimum Gasteiger partial charge on any atom is -0.350 e. The van der Waals surface area contributed by atoms with Crippen molar-refractivity contribution in [3.05, 3.63) is 76.3 Å². The average Bonchev–Trinajstić information content (AvgIpc) is 2.76. The van der Waals surface area contributed by atoms with Crippen molar-refractivity contribution < 1.29 is 4.79 Å². The van der Waals surface area contributed by atoms with Crippen LogP contribution in [0.15, 0.2) is 59.7 Å². The molecule has 150 valence electrons. The molecule has 1 aliphatic rings. The van der Waals surface area contributed by atoms with Gasteiger partial charge >= 0.3 is 0 Å². The lowest BCUT2D eigenvalue weighted by atomic mass is 10.1. The Kier molecular flexibility index (Phi) is 6.00. The molecule has 0 unspecified atom stereocenters. The fourth-order valence-corrected chi connectivity index (χ4v) is 3.77. The summed E-state index contributed by atoms with van der Waals surface area (Å²) >= 11 is 0. The highest BCUT2D eigenvalue weighted by atomic mass is 16.2. The maximum absolute atomic E-state index is 12.5. The van der Waals surface area contributed by atoms with Crippen LogP contribution in [-0.4, -0.2) is 33.4 Å². The highest BCUT2D eigenvalue weighted by Gasteiger charge is 2.11. The first kappa shape index (κ1) is 19.3. The SMILES string of the molecule is O=C(Cn1cnc2ccccc2c1=O)NCc1ccc(CN2CCCCC2)cc1. The maximum Gasteiger partial charge on any atom is 0.261 e. The van der Waals surface area contributed by atoms with Gasteiger partial charge in [0.05, 0.1) is 17.2 Å². The van der Waals surface area contributed by atoms with Gasteiger partial charge in [0.2, 0.25) is 5.91 Å². The average molecular weight is 390 g/mol. The van der Waals surface area contributed by atoms with E-state index in [0.29, 0.717) is 17.4 Å². The molecule has 1 N–H and O–H groups in total. The van der Waals surface area contributed by atoms with Crippen molar-refractivity contribution in [2.75, 3.05) is 13.1 Å². The number of likely N-dealkylation sites (tertiary alicyclic amines) is 1. The normalized spacial score (nSPS) is 14.8. The third kappa shape index (κ3) is 4.90. The lowest BCUT2D eigenvalue weighted by Crippen LogP contribution is -2.32. The monoisotopic (exact) mass is 390 g/mol. The van der Waals surface area contributed by atoms with Gasteiger partial charge in [-0.1, -0.05) is 42.8 Å². The van der Waals surface area contributed by atoms with Gasteiger partial charge in [-0.05, 0) is 49.2 Å². The molecule has 2 heterocycles. The minimum atomic E-state index is -0.207. The lowest BCUT2D eigenvalue weighted by molar-refractivity contribution is -0.121. The van der Waals surface area contributed by atoms with Crippen molar-refractivity contribution in [2.24, 2.45) is 0 Å². The van der Waals surface area contributed by atoms with Crippen molar-refractivity contribution in [1.82, 2.24) is 19.8 Å². The van der Waals surface area contributed by atoms with Gasteiger partial charge in [0.25, 0.3) is 5.56 Å². The van der Waals surface area contributed by atoms with Gasteiger partial charge in [0.1, 0.15) is 6.54 Å². The molecule has 0 aliphatic carbocycles. The fraction of sp³-hybridized carbons (Fsp3) is 0.348. The number of hydrogen-bond donors (Lipinski definition) is 1. The van der Waals surface area contributed by atoms with Crippen LogP contribution in [-0.2, 0) is 24.4 Å². The second-order valence-corrected chi connectivity index (χ2v) is 7.62. The summed E-state index contributed by atoms with van der Waals surface area (Å²) in [4.78, 5) is 31.5. The summed E-state index contributed by atoms with van der Waals surface area (Å²) in [7, 11) is 0. The smallest absolute Gasteiger partial charge is 0.261 e. The molecule has 1 aliphatic heterocycles. The van der Waals surface area contributed by atoms with Crippen molar-refractivity contribution in [1.29, 1.82) is 0 Å². The number of benzene rings is 2. The molecule has 0 spiro atoms. The Morgan fingerprint density at radius 1 is 0.966 bits per heavy atom. The summed E-state index contributed by atoms with van der Waals surface area (Å²) in [5.74, 6) is -0.207. The first-order valence-electron chi connectivity index (χ1n) is 10.2. The van der Waals surface area contributed by atoms with E-state index in [1.807, 2.05) is 6.07 Å². The van der Waals surface area contributed by atoms with Crippen LogP contribution in [0, 0.1) is 0 Å². The molecule has 1 aromatic heterocycles. The number of nitrogens with zero attached hydrogens (tertiary/aromatic N) is 3. The van der Waals surface area contributed by atoms with Gasteiger partial charge in [-0.15, -0.1) is 0 Å². The number of nitrogens with one attached hydrogen (secondary N) is 1. The highest BCUT2D eigenvalue weighted by Crippen LogP contribution is 2.13. The van der Waals surface area contributed by atoms with Crippen LogP contribution in [0.3, 0.4) is 0 Å². The first-order valence-corrected chi connectivity index (χ1v) is 10.2. The number of fused-ring (bicyclic) bond motifs is 1. The summed E-state index contributed by atoms with van der Waals surface area (Å²) in [5, 5.41) is 3.41. The topological polar surface area (TPSA) is 67.2 Å². The van der Waals surface area contributed by atoms with E-state index in [1.165, 1.54) is 48.8 Å². The van der Waals surface area contributed by atoms with E-state index in [0.717, 1.165) is 12.1 Å². The number of rotatable bonds is 6. The van der Waals surface area contributed by atoms with E-state index < -0.39 is 0 Å². The van der Waals surface area contributed by atoms with Crippen LogP contribution in [0.1, 0.15) is 30.4 Å². The Morgan fingerprint density at radius 2 is 1.69 bits per heavy atom. The second kappa shape index (κ2) is 9.01. The largest absolute Gasteiger partial charge is 0.350 e. The Balaban J connectivity index is 1.31. The Bertz CT molecular complexity index is 1040. The molecule has 0 bridgehead atoms. The maximum atomic E-state index is 12.5. The molecule has 0 atom stereocenters. The summed E-state index contributed by atoms with van der Waals surface area (Å²) in [6, 6.07) is 15.5. The number of carbonyl (C=O) groups is 1. The quantitative estimate of drug-likeness (QED) is 0.703. The molecular weight excluding hydrogens is 364 g/mol. The molecule has 29 heavy (non-hydrogen) atoms. The third-order valence-corrected chi connectivity index (χ3v) is 5.41. The number of para-hydroxylation sites is 1. The minimum absolute atomic E-state index is 0.0380. The Labute approximate surface area is 170 Å². The highest BCUT2D eigenvalue weighted by molar-refractivity contribution is 5.78. The predicted molar refractivity (Wildman–Crippen MR) is 113 cm³/mol. The zero-order valence-corrected chi connectivity index (χ0v) is 16.5. The molecule has 3 aromatic rings. The number of piperidine rings is 1.